The van der Waals surface area contributed by atoms with Crippen molar-refractivity contribution in [3.8, 4) is 0 Å². The first kappa shape index (κ1) is 14.9. The quantitative estimate of drug-likeness (QED) is 0.788. The van der Waals surface area contributed by atoms with Gasteiger partial charge >= 0.3 is 0 Å². The Bertz CT molecular complexity index is 474. The van der Waals surface area contributed by atoms with Crippen LogP contribution >= 0.6 is 0 Å². The van der Waals surface area contributed by atoms with Crippen LogP contribution in [0, 0.1) is 0 Å². The smallest absolute Gasteiger partial charge is 0.240 e. The molecule has 1 rings (SSSR count). The Kier molecular flexibility index (Phi) is 5.58. The predicted octanol–water partition coefficient (Wildman–Crippen LogP) is 1.43. The maximum Gasteiger partial charge on any atom is 0.240 e. The number of hydrogen-bond donors (Lipinski definition) is 2. The van der Waals surface area contributed by atoms with E-state index in [-0.39, 0.29) is 10.9 Å². The summed E-state index contributed by atoms with van der Waals surface area (Å²) in [5, 5.41) is 3.20. The molecular weight excluding hydrogens is 252 g/mol. The summed E-state index contributed by atoms with van der Waals surface area (Å²) in [5.41, 5.74) is 0.763. The molecule has 5 nitrogen and oxygen atoms in total. The summed E-state index contributed by atoms with van der Waals surface area (Å²) in [6.07, 6.45) is 0. The average Bonchev–Trinajstić information content (AvgIpc) is 2.36. The van der Waals surface area contributed by atoms with Crippen molar-refractivity contribution in [3.05, 3.63) is 24.3 Å². The van der Waals surface area contributed by atoms with Crippen LogP contribution in [-0.2, 0) is 14.8 Å². The van der Waals surface area contributed by atoms with Gasteiger partial charge in [0.2, 0.25) is 10.0 Å². The SMILES string of the molecule is CCOCC(C)Nc1cccc(S(=O)(=O)NC)c1. The second kappa shape index (κ2) is 6.72. The van der Waals surface area contributed by atoms with Gasteiger partial charge in [-0.2, -0.15) is 0 Å². The molecule has 1 aromatic carbocycles. The third-order valence-corrected chi connectivity index (χ3v) is 3.81. The van der Waals surface area contributed by atoms with Crippen molar-refractivity contribution in [2.45, 2.75) is 24.8 Å². The number of anilines is 1. The van der Waals surface area contributed by atoms with E-state index in [9.17, 15) is 8.42 Å². The lowest BCUT2D eigenvalue weighted by atomic mass is 10.3. The fourth-order valence-corrected chi connectivity index (χ4v) is 2.27. The van der Waals surface area contributed by atoms with Gasteiger partial charge in [0.15, 0.2) is 0 Å². The summed E-state index contributed by atoms with van der Waals surface area (Å²) in [4.78, 5) is 0.249. The van der Waals surface area contributed by atoms with E-state index in [1.165, 1.54) is 7.05 Å². The third-order valence-electron chi connectivity index (χ3n) is 2.40. The van der Waals surface area contributed by atoms with Crippen molar-refractivity contribution in [3.63, 3.8) is 0 Å². The lowest BCUT2D eigenvalue weighted by Crippen LogP contribution is -2.22. The maximum atomic E-state index is 11.6. The number of sulfonamides is 1. The van der Waals surface area contributed by atoms with Crippen LogP contribution in [0.1, 0.15) is 13.8 Å². The molecule has 0 bridgehead atoms. The van der Waals surface area contributed by atoms with E-state index >= 15 is 0 Å². The predicted molar refractivity (Wildman–Crippen MR) is 72.3 cm³/mol. The van der Waals surface area contributed by atoms with Gasteiger partial charge in [-0.3, -0.25) is 0 Å². The highest BCUT2D eigenvalue weighted by atomic mass is 32.2. The molecule has 0 aliphatic carbocycles. The van der Waals surface area contributed by atoms with Gasteiger partial charge in [0.1, 0.15) is 0 Å². The highest BCUT2D eigenvalue weighted by Gasteiger charge is 2.11. The zero-order valence-electron chi connectivity index (χ0n) is 10.9. The van der Waals surface area contributed by atoms with Gasteiger partial charge in [0.25, 0.3) is 0 Å². The van der Waals surface area contributed by atoms with Crippen molar-refractivity contribution in [2.75, 3.05) is 25.6 Å². The number of benzene rings is 1. The zero-order valence-corrected chi connectivity index (χ0v) is 11.8. The number of hydrogen-bond acceptors (Lipinski definition) is 4. The van der Waals surface area contributed by atoms with Crippen molar-refractivity contribution in [2.24, 2.45) is 0 Å². The summed E-state index contributed by atoms with van der Waals surface area (Å²) in [6.45, 7) is 5.17. The number of rotatable bonds is 7. The Morgan fingerprint density at radius 3 is 2.72 bits per heavy atom. The van der Waals surface area contributed by atoms with E-state index in [1.807, 2.05) is 19.9 Å². The van der Waals surface area contributed by atoms with Crippen LogP contribution < -0.4 is 10.0 Å². The molecule has 1 unspecified atom stereocenters. The maximum absolute atomic E-state index is 11.6. The van der Waals surface area contributed by atoms with E-state index in [0.717, 1.165) is 5.69 Å². The number of ether oxygens (including phenoxy) is 1. The Morgan fingerprint density at radius 1 is 1.39 bits per heavy atom. The van der Waals surface area contributed by atoms with Gasteiger partial charge < -0.3 is 10.1 Å². The Balaban J connectivity index is 2.77. The molecule has 1 aromatic rings. The summed E-state index contributed by atoms with van der Waals surface area (Å²) < 4.78 is 30.9. The molecule has 0 spiro atoms. The standard InChI is InChI=1S/C12H20N2O3S/c1-4-17-9-10(2)14-11-6-5-7-12(8-11)18(15,16)13-3/h5-8,10,13-14H,4,9H2,1-3H3. The first-order valence-electron chi connectivity index (χ1n) is 5.87. The fraction of sp³-hybridized carbons (Fsp3) is 0.500. The van der Waals surface area contributed by atoms with Crippen LogP contribution in [0.5, 0.6) is 0 Å². The summed E-state index contributed by atoms with van der Waals surface area (Å²) in [7, 11) is -2.00. The molecule has 2 N–H and O–H groups in total. The van der Waals surface area contributed by atoms with Crippen molar-refractivity contribution < 1.29 is 13.2 Å². The minimum absolute atomic E-state index is 0.123. The second-order valence-electron chi connectivity index (χ2n) is 3.94. The van der Waals surface area contributed by atoms with E-state index in [0.29, 0.717) is 13.2 Å². The van der Waals surface area contributed by atoms with Crippen LogP contribution in [0.3, 0.4) is 0 Å². The minimum Gasteiger partial charge on any atom is -0.380 e. The van der Waals surface area contributed by atoms with E-state index in [4.69, 9.17) is 4.74 Å². The van der Waals surface area contributed by atoms with Crippen LogP contribution in [0.25, 0.3) is 0 Å². The number of nitrogens with one attached hydrogen (secondary N) is 2. The summed E-state index contributed by atoms with van der Waals surface area (Å²) >= 11 is 0. The molecule has 6 heteroatoms. The molecule has 0 saturated carbocycles. The molecule has 18 heavy (non-hydrogen) atoms. The molecule has 0 aromatic heterocycles. The molecular formula is C12H20N2O3S. The summed E-state index contributed by atoms with van der Waals surface area (Å²) in [6, 6.07) is 6.83. The van der Waals surface area contributed by atoms with Crippen molar-refractivity contribution in [1.82, 2.24) is 4.72 Å². The first-order valence-corrected chi connectivity index (χ1v) is 7.35. The van der Waals surface area contributed by atoms with Crippen LogP contribution in [0.2, 0.25) is 0 Å². The van der Waals surface area contributed by atoms with Gasteiger partial charge in [-0.1, -0.05) is 6.07 Å². The van der Waals surface area contributed by atoms with Crippen molar-refractivity contribution >= 4 is 15.7 Å². The van der Waals surface area contributed by atoms with Crippen LogP contribution in [0.4, 0.5) is 5.69 Å². The molecule has 0 radical (unpaired) electrons. The first-order chi connectivity index (χ1) is 8.49. The summed E-state index contributed by atoms with van der Waals surface area (Å²) in [5.74, 6) is 0. The van der Waals surface area contributed by atoms with Gasteiger partial charge in [-0.25, -0.2) is 13.1 Å². The highest BCUT2D eigenvalue weighted by Crippen LogP contribution is 2.15. The van der Waals surface area contributed by atoms with Gasteiger partial charge in [-0.15, -0.1) is 0 Å². The second-order valence-corrected chi connectivity index (χ2v) is 5.83. The highest BCUT2D eigenvalue weighted by molar-refractivity contribution is 7.89. The topological polar surface area (TPSA) is 67.4 Å². The molecule has 0 amide bonds. The Morgan fingerprint density at radius 2 is 2.11 bits per heavy atom. The Labute approximate surface area is 109 Å². The lowest BCUT2D eigenvalue weighted by molar-refractivity contribution is 0.141. The van der Waals surface area contributed by atoms with Gasteiger partial charge in [-0.05, 0) is 39.1 Å². The molecule has 1 atom stereocenters. The molecule has 0 fully saturated rings. The molecule has 0 aliphatic rings. The van der Waals surface area contributed by atoms with E-state index < -0.39 is 10.0 Å². The van der Waals surface area contributed by atoms with Gasteiger partial charge in [0.05, 0.1) is 11.5 Å². The molecule has 102 valence electrons. The zero-order chi connectivity index (χ0) is 13.6. The van der Waals surface area contributed by atoms with Gasteiger partial charge in [0, 0.05) is 18.3 Å². The van der Waals surface area contributed by atoms with E-state index in [1.54, 1.807) is 18.2 Å². The molecule has 0 heterocycles. The molecule has 0 saturated heterocycles. The van der Waals surface area contributed by atoms with Crippen LogP contribution in [0.15, 0.2) is 29.2 Å². The lowest BCUT2D eigenvalue weighted by Gasteiger charge is -2.15. The van der Waals surface area contributed by atoms with E-state index in [2.05, 4.69) is 10.0 Å². The average molecular weight is 272 g/mol. The normalized spacial score (nSPS) is 13.3. The molecule has 0 aliphatic heterocycles. The monoisotopic (exact) mass is 272 g/mol. The minimum atomic E-state index is -3.39. The third kappa shape index (κ3) is 4.29. The fourth-order valence-electron chi connectivity index (χ4n) is 1.49. The van der Waals surface area contributed by atoms with Crippen molar-refractivity contribution in [1.29, 1.82) is 0 Å². The largest absolute Gasteiger partial charge is 0.380 e. The van der Waals surface area contributed by atoms with Crippen LogP contribution in [-0.4, -0.2) is 34.7 Å². The Hall–Kier alpha value is -1.11.